The molecule has 0 aliphatic heterocycles. The van der Waals surface area contributed by atoms with Crippen LogP contribution in [0.25, 0.3) is 10.2 Å². The number of fused-ring (bicyclic) bond motifs is 1. The molecular formula is C11H8BrN3S. The molecule has 3 nitrogen and oxygen atoms in total. The molecule has 0 atom stereocenters. The number of nitrogens with zero attached hydrogens (tertiary/aromatic N) is 3. The molecule has 0 N–H and O–H groups in total. The number of thiazole rings is 1. The van der Waals surface area contributed by atoms with Crippen LogP contribution in [0, 0.1) is 0 Å². The summed E-state index contributed by atoms with van der Waals surface area (Å²) in [7, 11) is 0. The van der Waals surface area contributed by atoms with Crippen LogP contribution in [0.2, 0.25) is 0 Å². The van der Waals surface area contributed by atoms with E-state index in [1.54, 1.807) is 17.5 Å². The first-order valence-corrected chi connectivity index (χ1v) is 6.44. The number of halogens is 1. The summed E-state index contributed by atoms with van der Waals surface area (Å²) in [6.45, 7) is 0.727. The van der Waals surface area contributed by atoms with Crippen LogP contribution >= 0.6 is 27.3 Å². The molecule has 5 heteroatoms. The summed E-state index contributed by atoms with van der Waals surface area (Å²) in [4.78, 5) is 4.56. The van der Waals surface area contributed by atoms with Gasteiger partial charge in [-0.05, 0) is 28.1 Å². The zero-order chi connectivity index (χ0) is 11.0. The van der Waals surface area contributed by atoms with Gasteiger partial charge in [0.25, 0.3) is 0 Å². The van der Waals surface area contributed by atoms with Gasteiger partial charge >= 0.3 is 0 Å². The van der Waals surface area contributed by atoms with Gasteiger partial charge in [0.05, 0.1) is 27.4 Å². The van der Waals surface area contributed by atoms with Crippen molar-refractivity contribution >= 4 is 37.5 Å². The predicted molar refractivity (Wildman–Crippen MR) is 68.6 cm³/mol. The minimum absolute atomic E-state index is 0.727. The minimum atomic E-state index is 0.727. The van der Waals surface area contributed by atoms with Crippen LogP contribution in [0.4, 0.5) is 0 Å². The lowest BCUT2D eigenvalue weighted by atomic mass is 10.3. The fourth-order valence-electron chi connectivity index (χ4n) is 1.55. The molecular weight excluding hydrogens is 286 g/mol. The van der Waals surface area contributed by atoms with Gasteiger partial charge in [0.2, 0.25) is 0 Å². The molecule has 0 radical (unpaired) electrons. The highest BCUT2D eigenvalue weighted by Gasteiger charge is 2.04. The Kier molecular flexibility index (Phi) is 2.49. The Morgan fingerprint density at radius 3 is 2.94 bits per heavy atom. The highest BCUT2D eigenvalue weighted by Crippen LogP contribution is 2.22. The summed E-state index contributed by atoms with van der Waals surface area (Å²) in [5.74, 6) is 0. The summed E-state index contributed by atoms with van der Waals surface area (Å²) in [6.07, 6.45) is 3.74. The number of aromatic nitrogens is 3. The topological polar surface area (TPSA) is 30.7 Å². The molecule has 0 saturated carbocycles. The van der Waals surface area contributed by atoms with Gasteiger partial charge in [0.1, 0.15) is 5.01 Å². The highest BCUT2D eigenvalue weighted by molar-refractivity contribution is 9.10. The van der Waals surface area contributed by atoms with Crippen molar-refractivity contribution in [1.29, 1.82) is 0 Å². The molecule has 2 aromatic heterocycles. The van der Waals surface area contributed by atoms with Crippen molar-refractivity contribution in [2.24, 2.45) is 0 Å². The Morgan fingerprint density at radius 2 is 2.19 bits per heavy atom. The molecule has 0 bridgehead atoms. The Balaban J connectivity index is 1.95. The highest BCUT2D eigenvalue weighted by atomic mass is 79.9. The van der Waals surface area contributed by atoms with Gasteiger partial charge in [0.15, 0.2) is 0 Å². The Bertz CT molecular complexity index is 596. The Hall–Kier alpha value is -1.20. The predicted octanol–water partition coefficient (Wildman–Crippen LogP) is 3.30. The maximum absolute atomic E-state index is 4.56. The molecule has 0 spiro atoms. The summed E-state index contributed by atoms with van der Waals surface area (Å²) in [5, 5.41) is 5.30. The summed E-state index contributed by atoms with van der Waals surface area (Å²) < 4.78 is 4.10. The fraction of sp³-hybridized carbons (Fsp3) is 0.0909. The summed E-state index contributed by atoms with van der Waals surface area (Å²) in [5.41, 5.74) is 1.06. The summed E-state index contributed by atoms with van der Waals surface area (Å²) >= 11 is 5.09. The second-order valence-corrected chi connectivity index (χ2v) is 5.46. The van der Waals surface area contributed by atoms with Crippen molar-refractivity contribution in [3.63, 3.8) is 0 Å². The SMILES string of the molecule is Brc1cnn(Cc2nc3ccccc3s2)c1. The lowest BCUT2D eigenvalue weighted by Gasteiger charge is -1.94. The number of para-hydroxylation sites is 1. The van der Waals surface area contributed by atoms with E-state index in [-0.39, 0.29) is 0 Å². The number of rotatable bonds is 2. The smallest absolute Gasteiger partial charge is 0.115 e. The van der Waals surface area contributed by atoms with E-state index in [1.165, 1.54) is 4.70 Å². The van der Waals surface area contributed by atoms with Gasteiger partial charge in [-0.2, -0.15) is 5.10 Å². The van der Waals surface area contributed by atoms with Crippen LogP contribution in [-0.2, 0) is 6.54 Å². The van der Waals surface area contributed by atoms with Gasteiger partial charge < -0.3 is 0 Å². The molecule has 16 heavy (non-hydrogen) atoms. The second kappa shape index (κ2) is 3.99. The Labute approximate surface area is 105 Å². The maximum atomic E-state index is 4.56. The van der Waals surface area contributed by atoms with E-state index in [4.69, 9.17) is 0 Å². The summed E-state index contributed by atoms with van der Waals surface area (Å²) in [6, 6.07) is 8.18. The third-order valence-electron chi connectivity index (χ3n) is 2.24. The van der Waals surface area contributed by atoms with Crippen molar-refractivity contribution in [2.75, 3.05) is 0 Å². The number of hydrogen-bond donors (Lipinski definition) is 0. The lowest BCUT2D eigenvalue weighted by Crippen LogP contribution is -1.98. The van der Waals surface area contributed by atoms with Gasteiger partial charge in [0, 0.05) is 6.20 Å². The van der Waals surface area contributed by atoms with Crippen molar-refractivity contribution in [3.05, 3.63) is 46.1 Å². The molecule has 0 aliphatic carbocycles. The van der Waals surface area contributed by atoms with Crippen molar-refractivity contribution < 1.29 is 0 Å². The number of benzene rings is 1. The first-order valence-electron chi connectivity index (χ1n) is 4.84. The standard InChI is InChI=1S/C11H8BrN3S/c12-8-5-13-15(6-8)7-11-14-9-3-1-2-4-10(9)16-11/h1-6H,7H2. The van der Waals surface area contributed by atoms with Crippen molar-refractivity contribution in [2.45, 2.75) is 6.54 Å². The molecule has 2 heterocycles. The third kappa shape index (κ3) is 1.88. The molecule has 3 rings (SSSR count). The zero-order valence-corrected chi connectivity index (χ0v) is 10.7. The van der Waals surface area contributed by atoms with E-state index in [9.17, 15) is 0 Å². The molecule has 0 fully saturated rings. The van der Waals surface area contributed by atoms with Crippen LogP contribution in [0.3, 0.4) is 0 Å². The van der Waals surface area contributed by atoms with Gasteiger partial charge in [-0.25, -0.2) is 4.98 Å². The quantitative estimate of drug-likeness (QED) is 0.726. The molecule has 3 aromatic rings. The maximum Gasteiger partial charge on any atom is 0.115 e. The first kappa shape index (κ1) is 9.99. The first-order chi connectivity index (χ1) is 7.81. The van der Waals surface area contributed by atoms with Crippen LogP contribution in [-0.4, -0.2) is 14.8 Å². The average Bonchev–Trinajstić information content (AvgIpc) is 2.84. The molecule has 1 aromatic carbocycles. The third-order valence-corrected chi connectivity index (χ3v) is 3.67. The second-order valence-electron chi connectivity index (χ2n) is 3.43. The van der Waals surface area contributed by atoms with Crippen LogP contribution in [0.15, 0.2) is 41.1 Å². The van der Waals surface area contributed by atoms with Crippen LogP contribution in [0.1, 0.15) is 5.01 Å². The van der Waals surface area contributed by atoms with Gasteiger partial charge in [-0.15, -0.1) is 11.3 Å². The van der Waals surface area contributed by atoms with E-state index >= 15 is 0 Å². The van der Waals surface area contributed by atoms with Crippen molar-refractivity contribution in [3.8, 4) is 0 Å². The van der Waals surface area contributed by atoms with E-state index in [0.29, 0.717) is 0 Å². The van der Waals surface area contributed by atoms with E-state index in [1.807, 2.05) is 29.1 Å². The lowest BCUT2D eigenvalue weighted by molar-refractivity contribution is 0.684. The molecule has 0 saturated heterocycles. The van der Waals surface area contributed by atoms with Gasteiger partial charge in [-0.3, -0.25) is 4.68 Å². The number of hydrogen-bond acceptors (Lipinski definition) is 3. The van der Waals surface area contributed by atoms with E-state index < -0.39 is 0 Å². The average molecular weight is 294 g/mol. The Morgan fingerprint density at radius 1 is 1.31 bits per heavy atom. The molecule has 0 aliphatic rings. The zero-order valence-electron chi connectivity index (χ0n) is 8.30. The van der Waals surface area contributed by atoms with Crippen molar-refractivity contribution in [1.82, 2.24) is 14.8 Å². The molecule has 80 valence electrons. The normalized spacial score (nSPS) is 11.1. The minimum Gasteiger partial charge on any atom is -0.265 e. The van der Waals surface area contributed by atoms with E-state index in [0.717, 1.165) is 21.5 Å². The molecule has 0 amide bonds. The fourth-order valence-corrected chi connectivity index (χ4v) is 2.84. The largest absolute Gasteiger partial charge is 0.265 e. The monoisotopic (exact) mass is 293 g/mol. The van der Waals surface area contributed by atoms with Gasteiger partial charge in [-0.1, -0.05) is 12.1 Å². The van der Waals surface area contributed by atoms with E-state index in [2.05, 4.69) is 32.1 Å². The molecule has 0 unspecified atom stereocenters. The van der Waals surface area contributed by atoms with Crippen LogP contribution in [0.5, 0.6) is 0 Å². The van der Waals surface area contributed by atoms with Crippen LogP contribution < -0.4 is 0 Å².